The van der Waals surface area contributed by atoms with Gasteiger partial charge < -0.3 is 9.64 Å². The number of fused-ring (bicyclic) bond motifs is 1. The summed E-state index contributed by atoms with van der Waals surface area (Å²) in [5.41, 5.74) is 2.58. The molecule has 1 saturated heterocycles. The van der Waals surface area contributed by atoms with Crippen LogP contribution in [-0.2, 0) is 4.74 Å². The number of hydrogen-bond acceptors (Lipinski definition) is 5. The molecular formula is C22H25N5O3. The number of amides is 2. The van der Waals surface area contributed by atoms with Gasteiger partial charge in [0.2, 0.25) is 0 Å². The minimum Gasteiger partial charge on any atom is -0.453 e. The van der Waals surface area contributed by atoms with E-state index in [1.807, 2.05) is 27.8 Å². The van der Waals surface area contributed by atoms with E-state index >= 15 is 0 Å². The molecule has 3 aromatic rings. The van der Waals surface area contributed by atoms with Crippen molar-refractivity contribution in [1.82, 2.24) is 19.4 Å². The van der Waals surface area contributed by atoms with Gasteiger partial charge in [0.15, 0.2) is 0 Å². The minimum absolute atomic E-state index is 0.0428. The van der Waals surface area contributed by atoms with Crippen LogP contribution in [0.3, 0.4) is 0 Å². The standard InChI is InChI=1S/C22H25N5O3/c1-3-15-5-4-7-26(14-15)21(28)17-9-16-6-8-27(20(16)24-11-17)19-10-18(12-23-13-19)25-22(29)30-2/h6,8-13,15H,3-5,7,14H2,1-2H3,(H,25,29)/t15-/m0/s1. The summed E-state index contributed by atoms with van der Waals surface area (Å²) in [7, 11) is 1.31. The smallest absolute Gasteiger partial charge is 0.411 e. The average Bonchev–Trinajstić information content (AvgIpc) is 3.22. The molecule has 1 aliphatic rings. The Morgan fingerprint density at radius 2 is 2.13 bits per heavy atom. The predicted octanol–water partition coefficient (Wildman–Crippen LogP) is 3.86. The van der Waals surface area contributed by atoms with Gasteiger partial charge in [0, 0.05) is 30.9 Å². The monoisotopic (exact) mass is 407 g/mol. The van der Waals surface area contributed by atoms with Crippen molar-refractivity contribution in [3.05, 3.63) is 48.5 Å². The fraction of sp³-hybridized carbons (Fsp3) is 0.364. The van der Waals surface area contributed by atoms with Crippen molar-refractivity contribution in [1.29, 1.82) is 0 Å². The number of likely N-dealkylation sites (tertiary alicyclic amines) is 1. The first-order valence-electron chi connectivity index (χ1n) is 10.2. The van der Waals surface area contributed by atoms with Crippen molar-refractivity contribution in [3.63, 3.8) is 0 Å². The summed E-state index contributed by atoms with van der Waals surface area (Å²) in [6, 6.07) is 5.59. The summed E-state index contributed by atoms with van der Waals surface area (Å²) in [6.07, 6.45) is 9.52. The zero-order valence-corrected chi connectivity index (χ0v) is 17.2. The summed E-state index contributed by atoms with van der Waals surface area (Å²) >= 11 is 0. The second-order valence-electron chi connectivity index (χ2n) is 7.54. The second kappa shape index (κ2) is 8.52. The Hall–Kier alpha value is -3.42. The lowest BCUT2D eigenvalue weighted by atomic mass is 9.95. The number of carbonyl (C=O) groups is 2. The van der Waals surface area contributed by atoms with Gasteiger partial charge in [0.1, 0.15) is 5.65 Å². The van der Waals surface area contributed by atoms with Crippen LogP contribution >= 0.6 is 0 Å². The molecular weight excluding hydrogens is 382 g/mol. The third-order valence-electron chi connectivity index (χ3n) is 5.59. The Labute approximate surface area is 174 Å². The van der Waals surface area contributed by atoms with E-state index in [0.717, 1.165) is 37.0 Å². The number of anilines is 1. The molecule has 30 heavy (non-hydrogen) atoms. The van der Waals surface area contributed by atoms with Crippen molar-refractivity contribution < 1.29 is 14.3 Å². The SMILES string of the molecule is CC[C@H]1CCCN(C(=O)c2cnc3c(ccn3-c3cncc(NC(=O)OC)c3)c2)C1. The summed E-state index contributed by atoms with van der Waals surface area (Å²) in [5, 5.41) is 3.47. The third kappa shape index (κ3) is 3.98. The molecule has 0 bridgehead atoms. The maximum atomic E-state index is 13.0. The number of nitrogens with one attached hydrogen (secondary N) is 1. The first kappa shape index (κ1) is 19.9. The summed E-state index contributed by atoms with van der Waals surface area (Å²) in [4.78, 5) is 35.1. The number of rotatable bonds is 4. The first-order chi connectivity index (χ1) is 14.6. The van der Waals surface area contributed by atoms with Crippen molar-refractivity contribution >= 4 is 28.7 Å². The molecule has 0 saturated carbocycles. The van der Waals surface area contributed by atoms with E-state index in [-0.39, 0.29) is 5.91 Å². The number of carbonyl (C=O) groups excluding carboxylic acids is 2. The molecule has 0 aliphatic carbocycles. The molecule has 8 heteroatoms. The maximum Gasteiger partial charge on any atom is 0.411 e. The van der Waals surface area contributed by atoms with Gasteiger partial charge in [-0.1, -0.05) is 13.3 Å². The highest BCUT2D eigenvalue weighted by Crippen LogP contribution is 2.24. The number of aromatic nitrogens is 3. The van der Waals surface area contributed by atoms with Gasteiger partial charge in [-0.05, 0) is 37.0 Å². The fourth-order valence-corrected chi connectivity index (χ4v) is 3.91. The zero-order chi connectivity index (χ0) is 21.1. The molecule has 2 amide bonds. The van der Waals surface area contributed by atoms with Crippen LogP contribution in [0.4, 0.5) is 10.5 Å². The Bertz CT molecular complexity index is 1080. The number of nitrogens with zero attached hydrogens (tertiary/aromatic N) is 4. The Balaban J connectivity index is 1.59. The normalized spacial score (nSPS) is 16.5. The predicted molar refractivity (Wildman–Crippen MR) is 114 cm³/mol. The Morgan fingerprint density at radius 3 is 2.93 bits per heavy atom. The van der Waals surface area contributed by atoms with Gasteiger partial charge in [-0.2, -0.15) is 0 Å². The van der Waals surface area contributed by atoms with Crippen LogP contribution < -0.4 is 5.32 Å². The van der Waals surface area contributed by atoms with E-state index < -0.39 is 6.09 Å². The van der Waals surface area contributed by atoms with Crippen LogP contribution in [-0.4, -0.2) is 51.6 Å². The van der Waals surface area contributed by atoms with Crippen LogP contribution in [0.1, 0.15) is 36.5 Å². The molecule has 4 heterocycles. The molecule has 156 valence electrons. The van der Waals surface area contributed by atoms with Gasteiger partial charge in [-0.3, -0.25) is 19.7 Å². The molecule has 8 nitrogen and oxygen atoms in total. The summed E-state index contributed by atoms with van der Waals surface area (Å²) in [6.45, 7) is 3.81. The average molecular weight is 407 g/mol. The number of piperidine rings is 1. The lowest BCUT2D eigenvalue weighted by Crippen LogP contribution is -2.39. The number of pyridine rings is 2. The summed E-state index contributed by atoms with van der Waals surface area (Å²) < 4.78 is 6.49. The third-order valence-corrected chi connectivity index (χ3v) is 5.59. The van der Waals surface area contributed by atoms with Crippen LogP contribution in [0, 0.1) is 5.92 Å². The lowest BCUT2D eigenvalue weighted by Gasteiger charge is -2.32. The second-order valence-corrected chi connectivity index (χ2v) is 7.54. The van der Waals surface area contributed by atoms with Gasteiger partial charge >= 0.3 is 6.09 Å². The Morgan fingerprint density at radius 1 is 1.27 bits per heavy atom. The molecule has 1 atom stereocenters. The molecule has 0 unspecified atom stereocenters. The highest BCUT2D eigenvalue weighted by Gasteiger charge is 2.24. The Kier molecular flexibility index (Phi) is 5.65. The maximum absolute atomic E-state index is 13.0. The van der Waals surface area contributed by atoms with E-state index in [2.05, 4.69) is 26.9 Å². The van der Waals surface area contributed by atoms with Crippen LogP contribution in [0.15, 0.2) is 43.0 Å². The summed E-state index contributed by atoms with van der Waals surface area (Å²) in [5.74, 6) is 0.625. The largest absolute Gasteiger partial charge is 0.453 e. The minimum atomic E-state index is -0.560. The van der Waals surface area contributed by atoms with E-state index in [4.69, 9.17) is 0 Å². The van der Waals surface area contributed by atoms with Gasteiger partial charge in [-0.25, -0.2) is 9.78 Å². The molecule has 1 N–H and O–H groups in total. The van der Waals surface area contributed by atoms with E-state index in [0.29, 0.717) is 22.8 Å². The molecule has 4 rings (SSSR count). The quantitative estimate of drug-likeness (QED) is 0.709. The topological polar surface area (TPSA) is 89.4 Å². The highest BCUT2D eigenvalue weighted by atomic mass is 16.5. The van der Waals surface area contributed by atoms with Crippen molar-refractivity contribution in [2.75, 3.05) is 25.5 Å². The fourth-order valence-electron chi connectivity index (χ4n) is 3.91. The molecule has 0 aromatic carbocycles. The van der Waals surface area contributed by atoms with Gasteiger partial charge in [-0.15, -0.1) is 0 Å². The van der Waals surface area contributed by atoms with E-state index in [1.54, 1.807) is 24.7 Å². The lowest BCUT2D eigenvalue weighted by molar-refractivity contribution is 0.0671. The molecule has 1 fully saturated rings. The number of methoxy groups -OCH3 is 1. The molecule has 3 aromatic heterocycles. The van der Waals surface area contributed by atoms with Gasteiger partial charge in [0.25, 0.3) is 5.91 Å². The van der Waals surface area contributed by atoms with E-state index in [1.165, 1.54) is 13.5 Å². The highest BCUT2D eigenvalue weighted by molar-refractivity contribution is 5.97. The van der Waals surface area contributed by atoms with Crippen LogP contribution in [0.5, 0.6) is 0 Å². The van der Waals surface area contributed by atoms with Crippen LogP contribution in [0.2, 0.25) is 0 Å². The van der Waals surface area contributed by atoms with Crippen LogP contribution in [0.25, 0.3) is 16.7 Å². The first-order valence-corrected chi connectivity index (χ1v) is 10.2. The van der Waals surface area contributed by atoms with E-state index in [9.17, 15) is 9.59 Å². The molecule has 0 radical (unpaired) electrons. The van der Waals surface area contributed by atoms with Crippen molar-refractivity contribution in [2.24, 2.45) is 5.92 Å². The molecule has 1 aliphatic heterocycles. The number of ether oxygens (including phenoxy) is 1. The van der Waals surface area contributed by atoms with Gasteiger partial charge in [0.05, 0.1) is 36.4 Å². The number of hydrogen-bond donors (Lipinski definition) is 1. The molecule has 0 spiro atoms. The zero-order valence-electron chi connectivity index (χ0n) is 17.2. The van der Waals surface area contributed by atoms with Crippen molar-refractivity contribution in [3.8, 4) is 5.69 Å². The van der Waals surface area contributed by atoms with Crippen molar-refractivity contribution in [2.45, 2.75) is 26.2 Å².